The Bertz CT molecular complexity index is 1430. The van der Waals surface area contributed by atoms with Crippen molar-refractivity contribution in [1.82, 2.24) is 30.0 Å². The average Bonchev–Trinajstić information content (AvgIpc) is 3.42. The number of carbonyl (C=O) groups is 1. The molecule has 1 aromatic carbocycles. The van der Waals surface area contributed by atoms with Crippen molar-refractivity contribution >= 4 is 27.5 Å². The highest BCUT2D eigenvalue weighted by atomic mass is 32.2. The minimum Gasteiger partial charge on any atom is -0.440 e. The number of aryl methyl sites for hydroxylation is 2. The Balaban J connectivity index is 1.48. The molecule has 4 rings (SSSR count). The fourth-order valence-electron chi connectivity index (χ4n) is 3.00. The second-order valence-corrected chi connectivity index (χ2v) is 9.35. The molecule has 0 atom stereocenters. The molecule has 0 aliphatic heterocycles. The van der Waals surface area contributed by atoms with Crippen molar-refractivity contribution in [1.29, 1.82) is 0 Å². The molecule has 3 aromatic heterocycles. The first kappa shape index (κ1) is 22.1. The zero-order chi connectivity index (χ0) is 23.6. The van der Waals surface area contributed by atoms with Crippen LogP contribution < -0.4 is 10.6 Å². The minimum atomic E-state index is -3.34. The van der Waals surface area contributed by atoms with Gasteiger partial charge in [-0.2, -0.15) is 5.10 Å². The van der Waals surface area contributed by atoms with Crippen molar-refractivity contribution in [2.24, 2.45) is 7.05 Å². The monoisotopic (exact) mass is 467 g/mol. The number of hydrogen-bond donors (Lipinski definition) is 2. The molecule has 3 heterocycles. The number of nitrogens with zero attached hydrogens (tertiary/aromatic N) is 5. The smallest absolute Gasteiger partial charge is 0.307 e. The Kier molecular flexibility index (Phi) is 5.92. The van der Waals surface area contributed by atoms with Crippen molar-refractivity contribution in [3.63, 3.8) is 0 Å². The molecule has 0 spiro atoms. The fourth-order valence-corrected chi connectivity index (χ4v) is 3.69. The number of rotatable bonds is 7. The van der Waals surface area contributed by atoms with E-state index >= 15 is 0 Å². The van der Waals surface area contributed by atoms with E-state index in [4.69, 9.17) is 4.42 Å². The minimum absolute atomic E-state index is 0.116. The Morgan fingerprint density at radius 2 is 2.03 bits per heavy atom. The first-order valence-corrected chi connectivity index (χ1v) is 11.7. The van der Waals surface area contributed by atoms with Crippen LogP contribution in [0.5, 0.6) is 0 Å². The van der Waals surface area contributed by atoms with Gasteiger partial charge < -0.3 is 15.1 Å². The zero-order valence-electron chi connectivity index (χ0n) is 18.1. The summed E-state index contributed by atoms with van der Waals surface area (Å²) in [5, 5.41) is 9.83. The van der Waals surface area contributed by atoms with Crippen LogP contribution in [0.25, 0.3) is 11.4 Å². The van der Waals surface area contributed by atoms with Gasteiger partial charge in [-0.3, -0.25) is 9.48 Å². The van der Waals surface area contributed by atoms with Gasteiger partial charge >= 0.3 is 5.91 Å². The maximum atomic E-state index is 12.5. The summed E-state index contributed by atoms with van der Waals surface area (Å²) < 4.78 is 30.4. The molecule has 33 heavy (non-hydrogen) atoms. The van der Waals surface area contributed by atoms with Crippen LogP contribution in [-0.2, 0) is 23.4 Å². The van der Waals surface area contributed by atoms with E-state index < -0.39 is 15.7 Å². The molecule has 170 valence electrons. The van der Waals surface area contributed by atoms with Crippen LogP contribution in [0, 0.1) is 6.92 Å². The predicted molar refractivity (Wildman–Crippen MR) is 119 cm³/mol. The fraction of sp³-hybridized carbons (Fsp3) is 0.190. The number of anilines is 2. The number of aromatic nitrogens is 5. The van der Waals surface area contributed by atoms with E-state index in [9.17, 15) is 13.2 Å². The molecule has 2 N–H and O–H groups in total. The number of sulfone groups is 1. The SMILES string of the molecule is Cc1cnc(Nc2ccnn2C)nc1-c1coc(C(=O)NCc2cccc(S(C)(=O)=O)c2)n1. The Morgan fingerprint density at radius 3 is 2.76 bits per heavy atom. The van der Waals surface area contributed by atoms with Gasteiger partial charge in [0.25, 0.3) is 5.89 Å². The van der Waals surface area contributed by atoms with Crippen molar-refractivity contribution in [3.05, 3.63) is 66.0 Å². The van der Waals surface area contributed by atoms with Gasteiger partial charge in [-0.25, -0.2) is 23.4 Å². The summed E-state index contributed by atoms with van der Waals surface area (Å²) in [6.07, 6.45) is 5.77. The molecule has 0 saturated carbocycles. The number of nitrogens with one attached hydrogen (secondary N) is 2. The molecule has 0 saturated heterocycles. The van der Waals surface area contributed by atoms with E-state index in [-0.39, 0.29) is 17.3 Å². The molecule has 0 fully saturated rings. The summed E-state index contributed by atoms with van der Waals surface area (Å²) in [4.78, 5) is 25.7. The van der Waals surface area contributed by atoms with Gasteiger partial charge in [-0.1, -0.05) is 12.1 Å². The number of amides is 1. The van der Waals surface area contributed by atoms with Crippen LogP contribution in [0.4, 0.5) is 11.8 Å². The molecule has 4 aromatic rings. The highest BCUT2D eigenvalue weighted by molar-refractivity contribution is 7.90. The van der Waals surface area contributed by atoms with E-state index in [2.05, 4.69) is 30.7 Å². The summed E-state index contributed by atoms with van der Waals surface area (Å²) in [6.45, 7) is 1.94. The van der Waals surface area contributed by atoms with Gasteiger partial charge in [0.05, 0.1) is 11.1 Å². The van der Waals surface area contributed by atoms with Crippen LogP contribution in [0.15, 0.2) is 58.3 Å². The second kappa shape index (κ2) is 8.82. The molecule has 11 nitrogen and oxygen atoms in total. The average molecular weight is 468 g/mol. The van der Waals surface area contributed by atoms with E-state index in [1.165, 1.54) is 18.4 Å². The van der Waals surface area contributed by atoms with Crippen molar-refractivity contribution < 1.29 is 17.6 Å². The lowest BCUT2D eigenvalue weighted by Gasteiger charge is -2.07. The molecular formula is C21H21N7O4S. The van der Waals surface area contributed by atoms with Gasteiger partial charge in [0.1, 0.15) is 23.5 Å². The Morgan fingerprint density at radius 1 is 1.21 bits per heavy atom. The summed E-state index contributed by atoms with van der Waals surface area (Å²) >= 11 is 0. The summed E-state index contributed by atoms with van der Waals surface area (Å²) in [5.41, 5.74) is 2.28. The first-order chi connectivity index (χ1) is 15.7. The van der Waals surface area contributed by atoms with Gasteiger partial charge in [0.15, 0.2) is 9.84 Å². The Labute approximate surface area is 189 Å². The van der Waals surface area contributed by atoms with Gasteiger partial charge in [-0.05, 0) is 30.2 Å². The van der Waals surface area contributed by atoms with Crippen LogP contribution >= 0.6 is 0 Å². The molecule has 0 bridgehead atoms. The van der Waals surface area contributed by atoms with E-state index in [1.54, 1.807) is 42.3 Å². The number of hydrogen-bond acceptors (Lipinski definition) is 9. The van der Waals surface area contributed by atoms with Crippen LogP contribution in [0.3, 0.4) is 0 Å². The van der Waals surface area contributed by atoms with Gasteiger partial charge in [0, 0.05) is 32.1 Å². The number of oxazole rings is 1. The lowest BCUT2D eigenvalue weighted by Crippen LogP contribution is -2.23. The summed E-state index contributed by atoms with van der Waals surface area (Å²) in [6, 6.07) is 8.14. The molecule has 0 aliphatic rings. The van der Waals surface area contributed by atoms with Crippen molar-refractivity contribution in [2.75, 3.05) is 11.6 Å². The molecule has 1 amide bonds. The third kappa shape index (κ3) is 5.06. The highest BCUT2D eigenvalue weighted by Crippen LogP contribution is 2.22. The van der Waals surface area contributed by atoms with Gasteiger partial charge in [-0.15, -0.1) is 0 Å². The molecule has 0 unspecified atom stereocenters. The summed E-state index contributed by atoms with van der Waals surface area (Å²) in [5.74, 6) is 0.387. The van der Waals surface area contributed by atoms with Crippen LogP contribution in [0.2, 0.25) is 0 Å². The van der Waals surface area contributed by atoms with Crippen molar-refractivity contribution in [3.8, 4) is 11.4 Å². The van der Waals surface area contributed by atoms with E-state index in [0.717, 1.165) is 11.8 Å². The quantitative estimate of drug-likeness (QED) is 0.418. The van der Waals surface area contributed by atoms with E-state index in [0.29, 0.717) is 28.7 Å². The topological polar surface area (TPSA) is 145 Å². The third-order valence-corrected chi connectivity index (χ3v) is 5.86. The normalized spacial score (nSPS) is 11.4. The zero-order valence-corrected chi connectivity index (χ0v) is 18.9. The third-order valence-electron chi connectivity index (χ3n) is 4.75. The lowest BCUT2D eigenvalue weighted by atomic mass is 10.2. The van der Waals surface area contributed by atoms with Crippen LogP contribution in [-0.4, -0.2) is 45.3 Å². The molecule has 0 radical (unpaired) electrons. The largest absolute Gasteiger partial charge is 0.440 e. The van der Waals surface area contributed by atoms with E-state index in [1.807, 2.05) is 6.92 Å². The predicted octanol–water partition coefficient (Wildman–Crippen LogP) is 2.25. The number of carbonyl (C=O) groups excluding carboxylic acids is 1. The molecule has 12 heteroatoms. The number of benzene rings is 1. The maximum Gasteiger partial charge on any atom is 0.307 e. The second-order valence-electron chi connectivity index (χ2n) is 7.33. The standard InChI is InChI=1S/C21H21N7O4S/c1-13-10-23-21(26-17-7-8-24-28(17)2)27-18(13)16-12-32-20(25-16)19(29)22-11-14-5-4-6-15(9-14)33(3,30)31/h4-10,12H,11H2,1-3H3,(H,22,29)(H,23,26,27). The van der Waals surface area contributed by atoms with Gasteiger partial charge in [0.2, 0.25) is 5.95 Å². The molecule has 0 aliphatic carbocycles. The highest BCUT2D eigenvalue weighted by Gasteiger charge is 2.17. The maximum absolute atomic E-state index is 12.5. The summed E-state index contributed by atoms with van der Waals surface area (Å²) in [7, 11) is -1.55. The van der Waals surface area contributed by atoms with Crippen LogP contribution in [0.1, 0.15) is 21.8 Å². The first-order valence-electron chi connectivity index (χ1n) is 9.82. The van der Waals surface area contributed by atoms with Crippen molar-refractivity contribution in [2.45, 2.75) is 18.4 Å². The lowest BCUT2D eigenvalue weighted by molar-refractivity contribution is 0.0916. The molecular weight excluding hydrogens is 446 g/mol. The Hall–Kier alpha value is -4.06.